The van der Waals surface area contributed by atoms with Crippen LogP contribution in [0.5, 0.6) is 0 Å². The van der Waals surface area contributed by atoms with E-state index >= 15 is 0 Å². The Kier molecular flexibility index (Phi) is 8.92. The molecule has 1 saturated carbocycles. The number of halogens is 1. The second-order valence-electron chi connectivity index (χ2n) is 12.3. The number of likely N-dealkylation sites (tertiary alicyclic amines) is 1. The Labute approximate surface area is 232 Å². The summed E-state index contributed by atoms with van der Waals surface area (Å²) >= 11 is 6.46. The second kappa shape index (κ2) is 11.8. The molecule has 1 aliphatic carbocycles. The fourth-order valence-corrected chi connectivity index (χ4v) is 6.06. The standard InChI is InChI=1S/C29H43ClN4O4/c1-19-15-32(10-11-34(19)27(36)22-8-6-7-9-22)18-23-13-24(30)14-25(20(23)2)31-26(35)12-21-16-33(17-21)28(37)38-29(3,4)5/h13-14,19,21-22H,6-12,15-18H2,1-5H3,(H,31,35). The normalized spacial score (nSPS) is 21.4. The number of nitrogens with zero attached hydrogens (tertiary/aromatic N) is 3. The lowest BCUT2D eigenvalue weighted by molar-refractivity contribution is -0.140. The van der Waals surface area contributed by atoms with Gasteiger partial charge in [-0.3, -0.25) is 14.5 Å². The summed E-state index contributed by atoms with van der Waals surface area (Å²) in [6.45, 7) is 13.8. The van der Waals surface area contributed by atoms with Crippen molar-refractivity contribution in [2.24, 2.45) is 11.8 Å². The molecule has 0 spiro atoms. The van der Waals surface area contributed by atoms with Crippen LogP contribution >= 0.6 is 11.6 Å². The summed E-state index contributed by atoms with van der Waals surface area (Å²) in [5.41, 5.74) is 2.28. The summed E-state index contributed by atoms with van der Waals surface area (Å²) < 4.78 is 5.39. The zero-order valence-electron chi connectivity index (χ0n) is 23.5. The van der Waals surface area contributed by atoms with E-state index in [-0.39, 0.29) is 29.9 Å². The molecule has 3 aliphatic rings. The van der Waals surface area contributed by atoms with Gasteiger partial charge in [0.05, 0.1) is 0 Å². The van der Waals surface area contributed by atoms with Crippen LogP contribution in [-0.4, -0.2) is 77.0 Å². The van der Waals surface area contributed by atoms with Crippen molar-refractivity contribution < 1.29 is 19.1 Å². The Morgan fingerprint density at radius 1 is 1.08 bits per heavy atom. The summed E-state index contributed by atoms with van der Waals surface area (Å²) in [7, 11) is 0. The van der Waals surface area contributed by atoms with Gasteiger partial charge in [-0.1, -0.05) is 24.4 Å². The third-order valence-electron chi connectivity index (χ3n) is 7.93. The molecule has 3 fully saturated rings. The molecule has 8 nitrogen and oxygen atoms in total. The number of ether oxygens (including phenoxy) is 1. The van der Waals surface area contributed by atoms with Crippen LogP contribution in [0.3, 0.4) is 0 Å². The lowest BCUT2D eigenvalue weighted by Gasteiger charge is -2.41. The van der Waals surface area contributed by atoms with Gasteiger partial charge in [-0.2, -0.15) is 0 Å². The topological polar surface area (TPSA) is 82.2 Å². The van der Waals surface area contributed by atoms with Crippen LogP contribution in [0.15, 0.2) is 12.1 Å². The van der Waals surface area contributed by atoms with E-state index in [1.54, 1.807) is 11.0 Å². The minimum atomic E-state index is -0.528. The quantitative estimate of drug-likeness (QED) is 0.539. The molecule has 210 valence electrons. The van der Waals surface area contributed by atoms with E-state index in [1.165, 1.54) is 12.8 Å². The molecule has 9 heteroatoms. The Balaban J connectivity index is 1.29. The molecule has 2 heterocycles. The third kappa shape index (κ3) is 7.20. The highest BCUT2D eigenvalue weighted by Crippen LogP contribution is 2.30. The number of carbonyl (C=O) groups is 3. The van der Waals surface area contributed by atoms with Crippen molar-refractivity contribution in [1.82, 2.24) is 14.7 Å². The maximum Gasteiger partial charge on any atom is 0.410 e. The molecule has 0 aromatic heterocycles. The van der Waals surface area contributed by atoms with Gasteiger partial charge in [0.1, 0.15) is 5.60 Å². The molecule has 38 heavy (non-hydrogen) atoms. The van der Waals surface area contributed by atoms with E-state index in [4.69, 9.17) is 16.3 Å². The summed E-state index contributed by atoms with van der Waals surface area (Å²) in [5.74, 6) is 0.582. The van der Waals surface area contributed by atoms with Gasteiger partial charge in [-0.15, -0.1) is 0 Å². The first-order chi connectivity index (χ1) is 17.9. The summed E-state index contributed by atoms with van der Waals surface area (Å²) in [5, 5.41) is 3.63. The number of nitrogens with one attached hydrogen (secondary N) is 1. The van der Waals surface area contributed by atoms with Crippen LogP contribution in [0.1, 0.15) is 70.9 Å². The molecule has 1 unspecified atom stereocenters. The van der Waals surface area contributed by atoms with Crippen molar-refractivity contribution in [3.05, 3.63) is 28.3 Å². The largest absolute Gasteiger partial charge is 0.444 e. The zero-order chi connectivity index (χ0) is 27.6. The summed E-state index contributed by atoms with van der Waals surface area (Å²) in [4.78, 5) is 44.0. The Hall–Kier alpha value is -2.32. The van der Waals surface area contributed by atoms with Gasteiger partial charge in [0, 0.05) is 74.3 Å². The number of rotatable bonds is 6. The molecular weight excluding hydrogens is 504 g/mol. The highest BCUT2D eigenvalue weighted by molar-refractivity contribution is 6.31. The SMILES string of the molecule is Cc1c(CN2CCN(C(=O)C3CCCC3)C(C)C2)cc(Cl)cc1NC(=O)CC1CN(C(=O)OC(C)(C)C)C1. The first-order valence-corrected chi connectivity index (χ1v) is 14.4. The minimum absolute atomic E-state index is 0.0807. The molecular formula is C29H43ClN4O4. The predicted molar refractivity (Wildman–Crippen MR) is 149 cm³/mol. The minimum Gasteiger partial charge on any atom is -0.444 e. The molecule has 1 atom stereocenters. The molecule has 2 aliphatic heterocycles. The van der Waals surface area contributed by atoms with E-state index < -0.39 is 5.60 Å². The lowest BCUT2D eigenvalue weighted by atomic mass is 9.96. The van der Waals surface area contributed by atoms with Crippen molar-refractivity contribution in [2.45, 2.75) is 84.9 Å². The number of piperazine rings is 1. The van der Waals surface area contributed by atoms with Crippen molar-refractivity contribution >= 4 is 35.2 Å². The number of hydrogen-bond acceptors (Lipinski definition) is 5. The van der Waals surface area contributed by atoms with E-state index in [0.717, 1.165) is 55.8 Å². The second-order valence-corrected chi connectivity index (χ2v) is 12.8. The van der Waals surface area contributed by atoms with Crippen molar-refractivity contribution in [3.8, 4) is 0 Å². The molecule has 1 N–H and O–H groups in total. The molecule has 1 aromatic rings. The zero-order valence-corrected chi connectivity index (χ0v) is 24.3. The van der Waals surface area contributed by atoms with Gasteiger partial charge in [-0.25, -0.2) is 4.79 Å². The molecule has 1 aromatic carbocycles. The average molecular weight is 547 g/mol. The average Bonchev–Trinajstić information content (AvgIpc) is 3.32. The Morgan fingerprint density at radius 3 is 2.39 bits per heavy atom. The van der Waals surface area contributed by atoms with Gasteiger partial charge in [-0.05, 0) is 70.7 Å². The fourth-order valence-electron chi connectivity index (χ4n) is 5.82. The van der Waals surface area contributed by atoms with Crippen LogP contribution in [0.4, 0.5) is 10.5 Å². The van der Waals surface area contributed by atoms with E-state index in [2.05, 4.69) is 22.0 Å². The molecule has 0 bridgehead atoms. The predicted octanol–water partition coefficient (Wildman–Crippen LogP) is 5.07. The smallest absolute Gasteiger partial charge is 0.410 e. The van der Waals surface area contributed by atoms with E-state index in [0.29, 0.717) is 30.4 Å². The lowest BCUT2D eigenvalue weighted by Crippen LogP contribution is -2.54. The Bertz CT molecular complexity index is 1040. The van der Waals surface area contributed by atoms with Crippen molar-refractivity contribution in [2.75, 3.05) is 38.0 Å². The Morgan fingerprint density at radius 2 is 1.76 bits per heavy atom. The number of hydrogen-bond donors (Lipinski definition) is 1. The summed E-state index contributed by atoms with van der Waals surface area (Å²) in [6.07, 6.45) is 4.42. The maximum atomic E-state index is 13.0. The number of anilines is 1. The van der Waals surface area contributed by atoms with Crippen LogP contribution in [0, 0.1) is 18.8 Å². The summed E-state index contributed by atoms with van der Waals surface area (Å²) in [6, 6.07) is 3.95. The van der Waals surface area contributed by atoms with Gasteiger partial charge in [0.2, 0.25) is 11.8 Å². The van der Waals surface area contributed by atoms with Gasteiger partial charge >= 0.3 is 6.09 Å². The van der Waals surface area contributed by atoms with Crippen LogP contribution in [-0.2, 0) is 20.9 Å². The first-order valence-electron chi connectivity index (χ1n) is 14.0. The van der Waals surface area contributed by atoms with Crippen molar-refractivity contribution in [3.63, 3.8) is 0 Å². The number of carbonyl (C=O) groups excluding carboxylic acids is 3. The maximum absolute atomic E-state index is 13.0. The van der Waals surface area contributed by atoms with Gasteiger partial charge in [0.15, 0.2) is 0 Å². The van der Waals surface area contributed by atoms with Crippen LogP contribution < -0.4 is 5.32 Å². The molecule has 4 rings (SSSR count). The van der Waals surface area contributed by atoms with E-state index in [9.17, 15) is 14.4 Å². The van der Waals surface area contributed by atoms with Gasteiger partial charge in [0.25, 0.3) is 0 Å². The molecule has 0 radical (unpaired) electrons. The number of amides is 3. The highest BCUT2D eigenvalue weighted by Gasteiger charge is 2.35. The van der Waals surface area contributed by atoms with Gasteiger partial charge < -0.3 is 19.9 Å². The van der Waals surface area contributed by atoms with Crippen molar-refractivity contribution in [1.29, 1.82) is 0 Å². The van der Waals surface area contributed by atoms with Crippen LogP contribution in [0.25, 0.3) is 0 Å². The molecule has 2 saturated heterocycles. The first kappa shape index (κ1) is 28.7. The van der Waals surface area contributed by atoms with Crippen LogP contribution in [0.2, 0.25) is 5.02 Å². The highest BCUT2D eigenvalue weighted by atomic mass is 35.5. The molecule has 3 amide bonds. The fraction of sp³-hybridized carbons (Fsp3) is 0.690. The monoisotopic (exact) mass is 546 g/mol. The third-order valence-corrected chi connectivity index (χ3v) is 8.15. The number of benzene rings is 1. The van der Waals surface area contributed by atoms with E-state index in [1.807, 2.05) is 33.8 Å².